The van der Waals surface area contributed by atoms with Crippen LogP contribution in [-0.2, 0) is 4.74 Å². The molecule has 2 aliphatic rings. The van der Waals surface area contributed by atoms with Crippen LogP contribution in [0.4, 0.5) is 0 Å². The summed E-state index contributed by atoms with van der Waals surface area (Å²) >= 11 is 0. The van der Waals surface area contributed by atoms with E-state index < -0.39 is 11.7 Å². The SMILES string of the molecule is CC(O)C#C[C@@]12O[C@]1(C)C[C@@H](O)CC2(C)C. The largest absolute Gasteiger partial charge is 0.393 e. The number of aliphatic hydroxyl groups is 2. The van der Waals surface area contributed by atoms with Crippen LogP contribution < -0.4 is 0 Å². The number of hydrogen-bond acceptors (Lipinski definition) is 3. The molecule has 0 spiro atoms. The van der Waals surface area contributed by atoms with Gasteiger partial charge in [0.15, 0.2) is 5.60 Å². The molecule has 3 heteroatoms. The number of ether oxygens (including phenoxy) is 1. The molecule has 4 atom stereocenters. The van der Waals surface area contributed by atoms with Gasteiger partial charge >= 0.3 is 0 Å². The molecule has 0 amide bonds. The van der Waals surface area contributed by atoms with Gasteiger partial charge in [-0.2, -0.15) is 0 Å². The fourth-order valence-electron chi connectivity index (χ4n) is 3.14. The Bertz CT molecular complexity index is 363. The molecule has 1 saturated heterocycles. The topological polar surface area (TPSA) is 53.0 Å². The van der Waals surface area contributed by atoms with E-state index in [2.05, 4.69) is 25.7 Å². The molecule has 1 saturated carbocycles. The zero-order valence-corrected chi connectivity index (χ0v) is 10.4. The van der Waals surface area contributed by atoms with Crippen molar-refractivity contribution in [2.45, 2.75) is 63.9 Å². The van der Waals surface area contributed by atoms with Gasteiger partial charge in [0.1, 0.15) is 11.7 Å². The molecule has 1 aliphatic heterocycles. The van der Waals surface area contributed by atoms with Gasteiger partial charge in [0.2, 0.25) is 0 Å². The van der Waals surface area contributed by atoms with Gasteiger partial charge in [-0.05, 0) is 20.3 Å². The van der Waals surface area contributed by atoms with Gasteiger partial charge in [-0.1, -0.05) is 25.7 Å². The molecule has 2 rings (SSSR count). The zero-order chi connectivity index (χ0) is 12.2. The molecule has 0 bridgehead atoms. The highest BCUT2D eigenvalue weighted by Crippen LogP contribution is 2.64. The molecule has 0 aromatic carbocycles. The number of fused-ring (bicyclic) bond motifs is 1. The van der Waals surface area contributed by atoms with E-state index in [-0.39, 0.29) is 17.1 Å². The van der Waals surface area contributed by atoms with E-state index in [1.807, 2.05) is 6.92 Å². The number of hydrogen-bond donors (Lipinski definition) is 2. The molecular formula is C13H20O3. The Balaban J connectivity index is 2.32. The lowest BCUT2D eigenvalue weighted by Crippen LogP contribution is -2.46. The van der Waals surface area contributed by atoms with E-state index in [9.17, 15) is 10.2 Å². The molecule has 1 aliphatic carbocycles. The van der Waals surface area contributed by atoms with E-state index >= 15 is 0 Å². The predicted molar refractivity (Wildman–Crippen MR) is 60.7 cm³/mol. The third-order valence-corrected chi connectivity index (χ3v) is 3.86. The Morgan fingerprint density at radius 2 is 1.94 bits per heavy atom. The molecule has 2 fully saturated rings. The van der Waals surface area contributed by atoms with Crippen molar-refractivity contribution < 1.29 is 14.9 Å². The summed E-state index contributed by atoms with van der Waals surface area (Å²) in [7, 11) is 0. The average Bonchev–Trinajstić information content (AvgIpc) is 2.67. The summed E-state index contributed by atoms with van der Waals surface area (Å²) in [5, 5.41) is 19.1. The van der Waals surface area contributed by atoms with Crippen molar-refractivity contribution in [2.75, 3.05) is 0 Å². The third kappa shape index (κ3) is 1.48. The van der Waals surface area contributed by atoms with Crippen molar-refractivity contribution in [3.8, 4) is 11.8 Å². The van der Waals surface area contributed by atoms with Gasteiger partial charge < -0.3 is 14.9 Å². The highest BCUT2D eigenvalue weighted by molar-refractivity contribution is 5.38. The van der Waals surface area contributed by atoms with Crippen LogP contribution in [0.5, 0.6) is 0 Å². The fourth-order valence-corrected chi connectivity index (χ4v) is 3.14. The number of epoxide rings is 1. The highest BCUT2D eigenvalue weighted by Gasteiger charge is 2.75. The van der Waals surface area contributed by atoms with E-state index in [4.69, 9.17) is 4.74 Å². The molecule has 0 aromatic rings. The Morgan fingerprint density at radius 3 is 2.44 bits per heavy atom. The minimum atomic E-state index is -0.634. The maximum absolute atomic E-state index is 9.82. The Morgan fingerprint density at radius 1 is 1.31 bits per heavy atom. The first-order valence-electron chi connectivity index (χ1n) is 5.81. The standard InChI is InChI=1S/C13H20O3/c1-9(14)5-6-13-11(2,3)7-10(15)8-12(13,4)16-13/h9-10,14-15H,7-8H2,1-4H3/t9?,10-,12+,13-/m0/s1. The monoisotopic (exact) mass is 224 g/mol. The fraction of sp³-hybridized carbons (Fsp3) is 0.846. The predicted octanol–water partition coefficient (Wildman–Crippen LogP) is 1.08. The Kier molecular flexibility index (Phi) is 2.40. The smallest absolute Gasteiger partial charge is 0.163 e. The highest BCUT2D eigenvalue weighted by atomic mass is 16.6. The molecular weight excluding hydrogens is 204 g/mol. The average molecular weight is 224 g/mol. The van der Waals surface area contributed by atoms with E-state index in [0.717, 1.165) is 0 Å². The number of rotatable bonds is 0. The quantitative estimate of drug-likeness (QED) is 0.478. The summed E-state index contributed by atoms with van der Waals surface area (Å²) in [5.74, 6) is 5.88. The minimum Gasteiger partial charge on any atom is -0.393 e. The molecule has 3 nitrogen and oxygen atoms in total. The van der Waals surface area contributed by atoms with Gasteiger partial charge in [0.05, 0.1) is 6.10 Å². The van der Waals surface area contributed by atoms with E-state index in [1.165, 1.54) is 0 Å². The van der Waals surface area contributed by atoms with Gasteiger partial charge in [-0.15, -0.1) is 0 Å². The molecule has 0 radical (unpaired) electrons. The summed E-state index contributed by atoms with van der Waals surface area (Å²) < 4.78 is 5.84. The van der Waals surface area contributed by atoms with Crippen LogP contribution in [0.3, 0.4) is 0 Å². The molecule has 1 heterocycles. The van der Waals surface area contributed by atoms with Crippen molar-refractivity contribution in [1.29, 1.82) is 0 Å². The van der Waals surface area contributed by atoms with Crippen molar-refractivity contribution in [3.05, 3.63) is 0 Å². The molecule has 2 N–H and O–H groups in total. The molecule has 16 heavy (non-hydrogen) atoms. The van der Waals surface area contributed by atoms with Gasteiger partial charge in [0.25, 0.3) is 0 Å². The first-order chi connectivity index (χ1) is 7.22. The first-order valence-corrected chi connectivity index (χ1v) is 5.81. The first kappa shape index (κ1) is 11.9. The second-order valence-electron chi connectivity index (χ2n) is 5.91. The molecule has 1 unspecified atom stereocenters. The zero-order valence-electron chi connectivity index (χ0n) is 10.4. The maximum Gasteiger partial charge on any atom is 0.163 e. The van der Waals surface area contributed by atoms with Crippen LogP contribution >= 0.6 is 0 Å². The van der Waals surface area contributed by atoms with Crippen molar-refractivity contribution >= 4 is 0 Å². The van der Waals surface area contributed by atoms with Crippen molar-refractivity contribution in [3.63, 3.8) is 0 Å². The number of aliphatic hydroxyl groups excluding tert-OH is 2. The van der Waals surface area contributed by atoms with E-state index in [0.29, 0.717) is 12.8 Å². The van der Waals surface area contributed by atoms with Crippen LogP contribution in [0.2, 0.25) is 0 Å². The summed E-state index contributed by atoms with van der Waals surface area (Å²) in [4.78, 5) is 0. The minimum absolute atomic E-state index is 0.179. The van der Waals surface area contributed by atoms with Crippen molar-refractivity contribution in [2.24, 2.45) is 5.41 Å². The second kappa shape index (κ2) is 3.22. The lowest BCUT2D eigenvalue weighted by Gasteiger charge is -2.37. The van der Waals surface area contributed by atoms with Crippen molar-refractivity contribution in [1.82, 2.24) is 0 Å². The van der Waals surface area contributed by atoms with Crippen LogP contribution in [0.1, 0.15) is 40.5 Å². The Labute approximate surface area is 96.8 Å². The maximum atomic E-state index is 9.82. The second-order valence-corrected chi connectivity index (χ2v) is 5.91. The molecule has 0 aromatic heterocycles. The van der Waals surface area contributed by atoms with Crippen LogP contribution in [-0.4, -0.2) is 33.6 Å². The van der Waals surface area contributed by atoms with Crippen LogP contribution in [0.25, 0.3) is 0 Å². The summed E-state index contributed by atoms with van der Waals surface area (Å²) in [6, 6.07) is 0. The normalized spacial score (nSPS) is 46.2. The lowest BCUT2D eigenvalue weighted by molar-refractivity contribution is 0.0541. The van der Waals surface area contributed by atoms with E-state index in [1.54, 1.807) is 6.92 Å². The van der Waals surface area contributed by atoms with Gasteiger partial charge in [-0.25, -0.2) is 0 Å². The third-order valence-electron chi connectivity index (χ3n) is 3.86. The Hall–Kier alpha value is -0.560. The summed E-state index contributed by atoms with van der Waals surface area (Å²) in [6.45, 7) is 7.77. The van der Waals surface area contributed by atoms with Gasteiger partial charge in [-0.3, -0.25) is 0 Å². The van der Waals surface area contributed by atoms with Gasteiger partial charge in [0, 0.05) is 11.8 Å². The molecule has 90 valence electrons. The summed E-state index contributed by atoms with van der Waals surface area (Å²) in [5.41, 5.74) is -1.02. The van der Waals surface area contributed by atoms with Crippen LogP contribution in [0, 0.1) is 17.3 Å². The lowest BCUT2D eigenvalue weighted by atomic mass is 9.63. The van der Waals surface area contributed by atoms with Crippen LogP contribution in [0.15, 0.2) is 0 Å². The summed E-state index contributed by atoms with van der Waals surface area (Å²) in [6.07, 6.45) is 0.372.